The zero-order valence-corrected chi connectivity index (χ0v) is 13.1. The third-order valence-electron chi connectivity index (χ3n) is 5.19. The third-order valence-corrected chi connectivity index (χ3v) is 5.19. The molecule has 4 atom stereocenters. The molecule has 2 aliphatic rings. The van der Waals surface area contributed by atoms with E-state index in [0.29, 0.717) is 25.7 Å². The first-order valence-electron chi connectivity index (χ1n) is 10.4. The number of hydrogen-bond donors (Lipinski definition) is 0. The molecule has 0 spiro atoms. The van der Waals surface area contributed by atoms with Crippen LogP contribution in [-0.4, -0.2) is 0 Å². The van der Waals surface area contributed by atoms with Gasteiger partial charge < -0.3 is 0 Å². The van der Waals surface area contributed by atoms with Crippen LogP contribution in [0.25, 0.3) is 0 Å². The van der Waals surface area contributed by atoms with Crippen LogP contribution in [0.3, 0.4) is 0 Å². The van der Waals surface area contributed by atoms with Gasteiger partial charge >= 0.3 is 0 Å². The summed E-state index contributed by atoms with van der Waals surface area (Å²) in [6, 6.07) is 6.56. The first-order valence-corrected chi connectivity index (χ1v) is 8.40. The molecule has 0 amide bonds. The molecule has 0 radical (unpaired) electrons. The Balaban J connectivity index is 1.83. The van der Waals surface area contributed by atoms with Crippen molar-refractivity contribution < 1.29 is 9.87 Å². The van der Waals surface area contributed by atoms with Crippen LogP contribution in [0.4, 0.5) is 4.39 Å². The smallest absolute Gasteiger partial charge is 0.141 e. The molecule has 2 heteroatoms. The van der Waals surface area contributed by atoms with Gasteiger partial charge in [0.25, 0.3) is 0 Å². The average Bonchev–Trinajstić information content (AvgIpc) is 2.57. The zero-order valence-electron chi connectivity index (χ0n) is 17.1. The highest BCUT2D eigenvalue weighted by molar-refractivity contribution is 5.35. The summed E-state index contributed by atoms with van der Waals surface area (Å²) in [4.78, 5) is 0. The number of nitriles is 1. The molecule has 2 fully saturated rings. The lowest BCUT2D eigenvalue weighted by Gasteiger charge is -2.42. The second-order valence-corrected chi connectivity index (χ2v) is 6.64. The van der Waals surface area contributed by atoms with E-state index in [1.807, 2.05) is 13.0 Å². The van der Waals surface area contributed by atoms with Crippen molar-refractivity contribution in [2.45, 2.75) is 64.1 Å². The van der Waals surface area contributed by atoms with Gasteiger partial charge in [-0.3, -0.25) is 0 Å². The Hall–Kier alpha value is -1.36. The molecule has 0 aromatic heterocycles. The van der Waals surface area contributed by atoms with Crippen molar-refractivity contribution in [1.82, 2.24) is 0 Å². The molecule has 0 saturated heterocycles. The molecule has 118 valence electrons. The highest BCUT2D eigenvalue weighted by Crippen LogP contribution is 2.48. The molecule has 22 heavy (non-hydrogen) atoms. The lowest BCUT2D eigenvalue weighted by Crippen LogP contribution is -2.30. The summed E-state index contributed by atoms with van der Waals surface area (Å²) in [5, 5.41) is 8.88. The number of nitrogens with zero attached hydrogens (tertiary/aromatic N) is 1. The van der Waals surface area contributed by atoms with Crippen LogP contribution in [0.1, 0.15) is 80.7 Å². The van der Waals surface area contributed by atoms with E-state index in [1.54, 1.807) is 6.07 Å². The van der Waals surface area contributed by atoms with Crippen molar-refractivity contribution in [3.8, 4) is 6.07 Å². The minimum atomic E-state index is -1.50. The van der Waals surface area contributed by atoms with Crippen molar-refractivity contribution in [1.29, 1.82) is 5.26 Å². The summed E-state index contributed by atoms with van der Waals surface area (Å²) in [6.45, 7) is 1.98. The van der Waals surface area contributed by atoms with Gasteiger partial charge in [-0.05, 0) is 73.4 Å². The van der Waals surface area contributed by atoms with Crippen LogP contribution in [-0.2, 0) is 0 Å². The van der Waals surface area contributed by atoms with Crippen molar-refractivity contribution in [2.24, 2.45) is 17.8 Å². The fraction of sp³-hybridized carbons (Fsp3) is 0.650. The summed E-state index contributed by atoms with van der Waals surface area (Å²) in [5.41, 5.74) is 0.881. The average molecular weight is 303 g/mol. The van der Waals surface area contributed by atoms with E-state index in [2.05, 4.69) is 0 Å². The summed E-state index contributed by atoms with van der Waals surface area (Å²) in [6.07, 6.45) is 0.933. The molecule has 2 aliphatic carbocycles. The number of halogens is 1. The van der Waals surface area contributed by atoms with Gasteiger partial charge in [0.2, 0.25) is 0 Å². The molecule has 0 heterocycles. The minimum absolute atomic E-state index is 0.0226. The van der Waals surface area contributed by atoms with Gasteiger partial charge in [0, 0.05) is 5.48 Å². The second-order valence-electron chi connectivity index (χ2n) is 6.64. The van der Waals surface area contributed by atoms with Gasteiger partial charge in [0.15, 0.2) is 0 Å². The number of benzene rings is 1. The van der Waals surface area contributed by atoms with Crippen molar-refractivity contribution >= 4 is 0 Å². The molecule has 0 aliphatic heterocycles. The third kappa shape index (κ3) is 3.19. The monoisotopic (exact) mass is 303 g/mol. The summed E-state index contributed by atoms with van der Waals surface area (Å²) in [7, 11) is 0. The van der Waals surface area contributed by atoms with Crippen LogP contribution in [0, 0.1) is 34.9 Å². The molecule has 1 aromatic rings. The largest absolute Gasteiger partial charge is 0.206 e. The maximum atomic E-state index is 14.0. The molecule has 0 N–H and O–H groups in total. The standard InChI is InChI=1S/C20H26FN/c1-2-3-14-4-5-16-11-17(7-6-15(16)10-14)18-8-9-19(13-22)20(21)12-18/h8-9,12,14-17H,2-7,10-11H2,1H3/i4D2,10D2. The molecular weight excluding hydrogens is 273 g/mol. The number of fused-ring (bicyclic) bond motifs is 1. The van der Waals surface area contributed by atoms with Gasteiger partial charge in [-0.2, -0.15) is 5.26 Å². The normalized spacial score (nSPS) is 38.6. The molecule has 0 bridgehead atoms. The van der Waals surface area contributed by atoms with Gasteiger partial charge in [-0.25, -0.2) is 4.39 Å². The number of rotatable bonds is 3. The van der Waals surface area contributed by atoms with E-state index in [1.165, 1.54) is 12.1 Å². The van der Waals surface area contributed by atoms with Crippen LogP contribution < -0.4 is 0 Å². The van der Waals surface area contributed by atoms with Crippen LogP contribution >= 0.6 is 0 Å². The van der Waals surface area contributed by atoms with Crippen molar-refractivity contribution in [3.63, 3.8) is 0 Å². The summed E-state index contributed by atoms with van der Waals surface area (Å²) >= 11 is 0. The Morgan fingerprint density at radius 3 is 2.91 bits per heavy atom. The quantitative estimate of drug-likeness (QED) is 0.692. The van der Waals surface area contributed by atoms with Gasteiger partial charge in [0.05, 0.1) is 5.56 Å². The molecule has 1 nitrogen and oxygen atoms in total. The predicted molar refractivity (Wildman–Crippen MR) is 86.9 cm³/mol. The molecular formula is C20H26FN. The van der Waals surface area contributed by atoms with Crippen molar-refractivity contribution in [2.75, 3.05) is 0 Å². The van der Waals surface area contributed by atoms with Crippen LogP contribution in [0.15, 0.2) is 18.2 Å². The van der Waals surface area contributed by atoms with Gasteiger partial charge in [-0.15, -0.1) is 0 Å². The lowest BCUT2D eigenvalue weighted by molar-refractivity contribution is 0.114. The Kier molecular flexibility index (Phi) is 3.48. The molecule has 2 saturated carbocycles. The van der Waals surface area contributed by atoms with E-state index >= 15 is 0 Å². The van der Waals surface area contributed by atoms with Gasteiger partial charge in [0.1, 0.15) is 11.9 Å². The highest BCUT2D eigenvalue weighted by atomic mass is 19.1. The molecule has 4 unspecified atom stereocenters. The maximum absolute atomic E-state index is 14.0. The fourth-order valence-electron chi connectivity index (χ4n) is 3.97. The Bertz CT molecular complexity index is 712. The second kappa shape index (κ2) is 6.82. The highest BCUT2D eigenvalue weighted by Gasteiger charge is 2.35. The SMILES string of the molecule is [2H]C1([2H])CC2CC(c3ccc(C#N)c(F)c3)CCC2C([2H])([2H])C1CCC. The fourth-order valence-corrected chi connectivity index (χ4v) is 3.97. The van der Waals surface area contributed by atoms with E-state index in [9.17, 15) is 4.39 Å². The van der Waals surface area contributed by atoms with Crippen molar-refractivity contribution in [3.05, 3.63) is 35.1 Å². The molecule has 1 aromatic carbocycles. The Labute approximate surface area is 139 Å². The molecule has 3 rings (SSSR count). The predicted octanol–water partition coefficient (Wildman–Crippen LogP) is 5.80. The summed E-state index contributed by atoms with van der Waals surface area (Å²) < 4.78 is 48.2. The first kappa shape index (κ1) is 11.2. The first-order chi connectivity index (χ1) is 12.2. The van der Waals surface area contributed by atoms with Crippen LogP contribution in [0.5, 0.6) is 0 Å². The minimum Gasteiger partial charge on any atom is -0.206 e. The van der Waals surface area contributed by atoms with E-state index in [0.717, 1.165) is 18.4 Å². The lowest BCUT2D eigenvalue weighted by atomic mass is 9.63. The van der Waals surface area contributed by atoms with E-state index in [4.69, 9.17) is 10.7 Å². The Morgan fingerprint density at radius 2 is 2.18 bits per heavy atom. The van der Waals surface area contributed by atoms with Gasteiger partial charge in [-0.1, -0.05) is 32.2 Å². The maximum Gasteiger partial charge on any atom is 0.141 e. The van der Waals surface area contributed by atoms with E-state index in [-0.39, 0.29) is 23.3 Å². The Morgan fingerprint density at radius 1 is 1.32 bits per heavy atom. The van der Waals surface area contributed by atoms with Crippen LogP contribution in [0.2, 0.25) is 0 Å². The topological polar surface area (TPSA) is 23.8 Å². The zero-order chi connectivity index (χ0) is 19.1. The summed E-state index contributed by atoms with van der Waals surface area (Å²) in [5.74, 6) is -1.10. The number of hydrogen-bond acceptors (Lipinski definition) is 1. The van der Waals surface area contributed by atoms with E-state index < -0.39 is 24.5 Å².